The summed E-state index contributed by atoms with van der Waals surface area (Å²) in [5.41, 5.74) is 6.65. The van der Waals surface area contributed by atoms with Gasteiger partial charge in [0.1, 0.15) is 5.75 Å². The second-order valence-electron chi connectivity index (χ2n) is 12.9. The Morgan fingerprint density at radius 1 is 0.865 bits per heavy atom. The molecule has 0 spiro atoms. The summed E-state index contributed by atoms with van der Waals surface area (Å²) in [5.74, 6) is 1.03. The van der Waals surface area contributed by atoms with Gasteiger partial charge in [0.25, 0.3) is 0 Å². The van der Waals surface area contributed by atoms with E-state index in [4.69, 9.17) is 9.47 Å². The molecule has 0 saturated heterocycles. The first-order chi connectivity index (χ1) is 17.2. The third-order valence-electron chi connectivity index (χ3n) is 7.42. The Bertz CT molecular complexity index is 1020. The smallest absolute Gasteiger partial charge is 0.188 e. The second kappa shape index (κ2) is 13.0. The Balaban J connectivity index is 2.93. The van der Waals surface area contributed by atoms with Crippen LogP contribution in [0, 0.1) is 6.92 Å². The third kappa shape index (κ3) is 7.96. The monoisotopic (exact) mass is 527 g/mol. The molecule has 0 aromatic heterocycles. The number of methoxy groups -OCH3 is 1. The number of unbranched alkanes of at least 4 members (excludes halogenated alkanes) is 2. The molecule has 4 heteroatoms. The zero-order chi connectivity index (χ0) is 28.0. The highest BCUT2D eigenvalue weighted by molar-refractivity contribution is 7.49. The molecule has 2 aromatic carbocycles. The number of hydrogen-bond donors (Lipinski definition) is 0. The van der Waals surface area contributed by atoms with Crippen LogP contribution < -0.4 is 14.9 Å². The van der Waals surface area contributed by atoms with Crippen LogP contribution in [0.1, 0.15) is 110 Å². The van der Waals surface area contributed by atoms with Crippen LogP contribution in [-0.2, 0) is 20.7 Å². The molecule has 0 fully saturated rings. The van der Waals surface area contributed by atoms with Crippen molar-refractivity contribution in [1.82, 2.24) is 0 Å². The normalized spacial score (nSPS) is 14.3. The van der Waals surface area contributed by atoms with Gasteiger partial charge in [0.2, 0.25) is 0 Å². The van der Waals surface area contributed by atoms with Crippen molar-refractivity contribution in [3.05, 3.63) is 52.6 Å². The van der Waals surface area contributed by atoms with Crippen molar-refractivity contribution in [2.24, 2.45) is 0 Å². The van der Waals surface area contributed by atoms with E-state index >= 15 is 0 Å². The maximum absolute atomic E-state index is 6.53. The molecular formula is C33H54NO2P. The van der Waals surface area contributed by atoms with Gasteiger partial charge in [0.15, 0.2) is 6.79 Å². The van der Waals surface area contributed by atoms with Crippen molar-refractivity contribution in [2.75, 3.05) is 32.9 Å². The Morgan fingerprint density at radius 2 is 1.51 bits per heavy atom. The maximum atomic E-state index is 6.53. The number of hydrogen-bond acceptors (Lipinski definition) is 3. The third-order valence-corrected chi connectivity index (χ3v) is 9.46. The fourth-order valence-corrected chi connectivity index (χ4v) is 6.92. The lowest BCUT2D eigenvalue weighted by atomic mass is 9.76. The topological polar surface area (TPSA) is 21.7 Å². The van der Waals surface area contributed by atoms with E-state index in [9.17, 15) is 0 Å². The average molecular weight is 528 g/mol. The maximum Gasteiger partial charge on any atom is 0.188 e. The summed E-state index contributed by atoms with van der Waals surface area (Å²) in [7, 11) is 6.69. The molecule has 3 nitrogen and oxygen atoms in total. The molecule has 37 heavy (non-hydrogen) atoms. The number of ether oxygens (including phenoxy) is 2. The van der Waals surface area contributed by atoms with Gasteiger partial charge in [-0.15, -0.1) is 0 Å². The molecule has 0 aliphatic heterocycles. The Hall–Kier alpha value is -1.57. The van der Waals surface area contributed by atoms with Gasteiger partial charge >= 0.3 is 0 Å². The molecule has 2 atom stereocenters. The Morgan fingerprint density at radius 3 is 2.03 bits per heavy atom. The van der Waals surface area contributed by atoms with Gasteiger partial charge < -0.3 is 14.4 Å². The molecule has 0 heterocycles. The fourth-order valence-electron chi connectivity index (χ4n) is 5.02. The van der Waals surface area contributed by atoms with Gasteiger partial charge in [0, 0.05) is 43.2 Å². The van der Waals surface area contributed by atoms with Crippen molar-refractivity contribution in [3.63, 3.8) is 0 Å². The summed E-state index contributed by atoms with van der Waals surface area (Å²) < 4.78 is 12.0. The summed E-state index contributed by atoms with van der Waals surface area (Å²) in [5, 5.41) is 1.42. The van der Waals surface area contributed by atoms with E-state index in [1.54, 1.807) is 7.11 Å². The zero-order valence-electron chi connectivity index (χ0n) is 25.9. The van der Waals surface area contributed by atoms with E-state index in [0.717, 1.165) is 18.6 Å². The predicted molar refractivity (Wildman–Crippen MR) is 166 cm³/mol. The van der Waals surface area contributed by atoms with Crippen LogP contribution in [0.25, 0.3) is 0 Å². The van der Waals surface area contributed by atoms with Crippen LogP contribution in [0.4, 0.5) is 5.69 Å². The lowest BCUT2D eigenvalue weighted by molar-refractivity contribution is 0.0485. The summed E-state index contributed by atoms with van der Waals surface area (Å²) in [6, 6.07) is 11.8. The molecule has 0 N–H and O–H groups in total. The highest BCUT2D eigenvalue weighted by atomic mass is 31.1. The van der Waals surface area contributed by atoms with Gasteiger partial charge in [-0.1, -0.05) is 107 Å². The minimum Gasteiger partial charge on any atom is -0.467 e. The predicted octanol–water partition coefficient (Wildman–Crippen LogP) is 8.83. The van der Waals surface area contributed by atoms with Crippen molar-refractivity contribution in [3.8, 4) is 5.75 Å². The molecule has 2 aromatic rings. The van der Waals surface area contributed by atoms with E-state index in [2.05, 4.69) is 112 Å². The minimum absolute atomic E-state index is 0.0144. The van der Waals surface area contributed by atoms with E-state index in [1.165, 1.54) is 52.5 Å². The highest BCUT2D eigenvalue weighted by Gasteiger charge is 2.38. The van der Waals surface area contributed by atoms with Crippen LogP contribution >= 0.6 is 8.58 Å². The van der Waals surface area contributed by atoms with Crippen LogP contribution in [0.15, 0.2) is 30.3 Å². The molecular weight excluding hydrogens is 473 g/mol. The molecule has 0 aliphatic rings. The number of anilines is 1. The number of rotatable bonds is 12. The van der Waals surface area contributed by atoms with Gasteiger partial charge in [-0.3, -0.25) is 0 Å². The molecule has 0 radical (unpaired) electrons. The number of nitrogens with zero attached hydrogens (tertiary/aromatic N) is 1. The number of benzene rings is 2. The van der Waals surface area contributed by atoms with Crippen LogP contribution in [0.3, 0.4) is 0 Å². The zero-order valence-corrected chi connectivity index (χ0v) is 26.9. The molecule has 2 unspecified atom stereocenters. The van der Waals surface area contributed by atoms with Gasteiger partial charge in [0.05, 0.1) is 0 Å². The lowest BCUT2D eigenvalue weighted by Crippen LogP contribution is -2.29. The lowest BCUT2D eigenvalue weighted by Gasteiger charge is -2.39. The van der Waals surface area contributed by atoms with Crippen molar-refractivity contribution in [2.45, 2.75) is 110 Å². The first-order valence-electron chi connectivity index (χ1n) is 14.1. The van der Waals surface area contributed by atoms with Crippen molar-refractivity contribution in [1.29, 1.82) is 0 Å². The molecule has 0 amide bonds. The summed E-state index contributed by atoms with van der Waals surface area (Å²) in [4.78, 5) is 2.27. The fraction of sp³-hybridized carbons (Fsp3) is 0.636. The van der Waals surface area contributed by atoms with Crippen molar-refractivity contribution < 1.29 is 9.47 Å². The molecule has 208 valence electrons. The van der Waals surface area contributed by atoms with Crippen LogP contribution in [0.5, 0.6) is 5.75 Å². The van der Waals surface area contributed by atoms with E-state index in [-0.39, 0.29) is 22.8 Å². The van der Waals surface area contributed by atoms with Gasteiger partial charge in [-0.2, -0.15) is 0 Å². The summed E-state index contributed by atoms with van der Waals surface area (Å²) >= 11 is 0. The van der Waals surface area contributed by atoms with Gasteiger partial charge in [-0.05, 0) is 53.1 Å². The summed E-state index contributed by atoms with van der Waals surface area (Å²) in [6.45, 7) is 21.0. The summed E-state index contributed by atoms with van der Waals surface area (Å²) in [6.07, 6.45) is 5.90. The highest BCUT2D eigenvalue weighted by Crippen LogP contribution is 2.54. The SMILES string of the molecule is CCCCCC(CC)(Pc1ccc(C)cc1N(C)C)c1cc(C(C)(C)C)cc(C(C)(C)C)c1OCOC. The molecule has 2 rings (SSSR count). The Kier molecular flexibility index (Phi) is 11.1. The van der Waals surface area contributed by atoms with Crippen molar-refractivity contribution >= 4 is 19.6 Å². The van der Waals surface area contributed by atoms with E-state index in [1.807, 2.05) is 0 Å². The molecule has 0 saturated carbocycles. The standard InChI is InChI=1S/C33H54NO2P/c1-13-15-16-19-33(14-2,37-29-18-17-24(3)20-28(29)34(10)11)27-22-25(31(4,5)6)21-26(32(7,8)9)30(27)36-23-35-12/h17-18,20-22,37H,13-16,19,23H2,1-12H3. The minimum atomic E-state index is -0.0518. The Labute approximate surface area is 230 Å². The first kappa shape index (κ1) is 31.6. The second-order valence-corrected chi connectivity index (χ2v) is 14.6. The van der Waals surface area contributed by atoms with E-state index in [0.29, 0.717) is 8.58 Å². The average Bonchev–Trinajstić information content (AvgIpc) is 2.81. The van der Waals surface area contributed by atoms with Gasteiger partial charge in [-0.25, -0.2) is 0 Å². The molecule has 0 bridgehead atoms. The largest absolute Gasteiger partial charge is 0.467 e. The quantitative estimate of drug-likeness (QED) is 0.156. The number of aryl methyl sites for hydroxylation is 1. The molecule has 0 aliphatic carbocycles. The van der Waals surface area contributed by atoms with Crippen LogP contribution in [-0.4, -0.2) is 28.0 Å². The first-order valence-corrected chi connectivity index (χ1v) is 15.1. The van der Waals surface area contributed by atoms with Crippen LogP contribution in [0.2, 0.25) is 0 Å². The van der Waals surface area contributed by atoms with E-state index < -0.39 is 0 Å².